The van der Waals surface area contributed by atoms with Crippen molar-refractivity contribution in [2.24, 2.45) is 0 Å². The first-order valence-corrected chi connectivity index (χ1v) is 11.9. The second-order valence-corrected chi connectivity index (χ2v) is 8.56. The Bertz CT molecular complexity index is 1220. The van der Waals surface area contributed by atoms with Crippen LogP contribution in [0.2, 0.25) is 0 Å². The maximum absolute atomic E-state index is 13.4. The van der Waals surface area contributed by atoms with Crippen molar-refractivity contribution in [2.45, 2.75) is 37.8 Å². The molecule has 1 amide bonds. The molecule has 1 aliphatic rings. The van der Waals surface area contributed by atoms with Gasteiger partial charge in [0.1, 0.15) is 5.75 Å². The molecule has 32 heavy (non-hydrogen) atoms. The van der Waals surface area contributed by atoms with E-state index in [1.165, 1.54) is 18.2 Å². The number of aromatic nitrogens is 2. The highest BCUT2D eigenvalue weighted by Gasteiger charge is 2.20. The summed E-state index contributed by atoms with van der Waals surface area (Å²) in [4.78, 5) is 33.1. The molecule has 0 aliphatic heterocycles. The first kappa shape index (κ1) is 22.1. The van der Waals surface area contributed by atoms with E-state index in [0.29, 0.717) is 34.0 Å². The summed E-state index contributed by atoms with van der Waals surface area (Å²) in [5.74, 6) is 0.890. The molecule has 2 aromatic carbocycles. The number of hydrogen-bond acceptors (Lipinski definition) is 5. The lowest BCUT2D eigenvalue weighted by Gasteiger charge is -2.26. The second-order valence-electron chi connectivity index (χ2n) is 7.62. The summed E-state index contributed by atoms with van der Waals surface area (Å²) in [6.45, 7) is 2.64. The fraction of sp³-hybridized carbons (Fsp3) is 0.320. The zero-order valence-electron chi connectivity index (χ0n) is 18.4. The number of thioether (sulfide) groups is 1. The normalized spacial score (nSPS) is 13.6. The van der Waals surface area contributed by atoms with Gasteiger partial charge in [0.2, 0.25) is 5.91 Å². The molecular formula is C25H27N3O3S. The number of methoxy groups -OCH3 is 1. The number of benzene rings is 2. The number of ether oxygens (including phenoxy) is 1. The minimum Gasteiger partial charge on any atom is -0.497 e. The Morgan fingerprint density at radius 2 is 2.03 bits per heavy atom. The van der Waals surface area contributed by atoms with Gasteiger partial charge in [-0.2, -0.15) is 0 Å². The number of fused-ring (bicyclic) bond motifs is 1. The van der Waals surface area contributed by atoms with E-state index in [9.17, 15) is 9.59 Å². The van der Waals surface area contributed by atoms with Gasteiger partial charge in [0.25, 0.3) is 5.56 Å². The smallest absolute Gasteiger partial charge is 0.266 e. The predicted octanol–water partition coefficient (Wildman–Crippen LogP) is 4.79. The molecule has 1 aromatic heterocycles. The van der Waals surface area contributed by atoms with Crippen LogP contribution in [0.4, 0.5) is 0 Å². The van der Waals surface area contributed by atoms with E-state index in [2.05, 4.69) is 6.08 Å². The highest BCUT2D eigenvalue weighted by Crippen LogP contribution is 2.26. The van der Waals surface area contributed by atoms with Crippen molar-refractivity contribution < 1.29 is 9.53 Å². The van der Waals surface area contributed by atoms with Crippen LogP contribution in [0.5, 0.6) is 5.75 Å². The first-order chi connectivity index (χ1) is 15.6. The fourth-order valence-electron chi connectivity index (χ4n) is 4.00. The van der Waals surface area contributed by atoms with Crippen molar-refractivity contribution in [2.75, 3.05) is 19.4 Å². The van der Waals surface area contributed by atoms with Crippen LogP contribution in [0.1, 0.15) is 32.6 Å². The van der Waals surface area contributed by atoms with Crippen LogP contribution in [-0.4, -0.2) is 39.8 Å². The van der Waals surface area contributed by atoms with E-state index in [4.69, 9.17) is 9.72 Å². The molecule has 7 heteroatoms. The van der Waals surface area contributed by atoms with E-state index < -0.39 is 0 Å². The minimum atomic E-state index is -0.166. The Kier molecular flexibility index (Phi) is 6.95. The largest absolute Gasteiger partial charge is 0.497 e. The third-order valence-corrected chi connectivity index (χ3v) is 6.54. The SMILES string of the molecule is CCN(C(=O)CSc1nc2ccccc2c(=O)n1-c1cccc(OC)c1)C1=CCCCC1. The van der Waals surface area contributed by atoms with Crippen molar-refractivity contribution in [1.82, 2.24) is 14.5 Å². The summed E-state index contributed by atoms with van der Waals surface area (Å²) in [5, 5.41) is 1.03. The molecule has 1 aliphatic carbocycles. The van der Waals surface area contributed by atoms with Gasteiger partial charge < -0.3 is 9.64 Å². The van der Waals surface area contributed by atoms with Crippen LogP contribution in [0.15, 0.2) is 70.3 Å². The van der Waals surface area contributed by atoms with Crippen molar-refractivity contribution >= 4 is 28.6 Å². The van der Waals surface area contributed by atoms with Crippen molar-refractivity contribution in [3.63, 3.8) is 0 Å². The molecular weight excluding hydrogens is 422 g/mol. The molecule has 0 radical (unpaired) electrons. The Balaban J connectivity index is 1.70. The first-order valence-electron chi connectivity index (χ1n) is 10.9. The highest BCUT2D eigenvalue weighted by atomic mass is 32.2. The predicted molar refractivity (Wildman–Crippen MR) is 129 cm³/mol. The zero-order valence-corrected chi connectivity index (χ0v) is 19.2. The number of carbonyl (C=O) groups excluding carboxylic acids is 1. The van der Waals surface area contributed by atoms with Crippen LogP contribution in [0.3, 0.4) is 0 Å². The summed E-state index contributed by atoms with van der Waals surface area (Å²) < 4.78 is 6.91. The maximum atomic E-state index is 13.4. The number of amides is 1. The van der Waals surface area contributed by atoms with E-state index in [0.717, 1.165) is 25.0 Å². The number of hydrogen-bond donors (Lipinski definition) is 0. The summed E-state index contributed by atoms with van der Waals surface area (Å²) in [6, 6.07) is 14.6. The van der Waals surface area contributed by atoms with Crippen LogP contribution in [-0.2, 0) is 4.79 Å². The molecule has 6 nitrogen and oxygen atoms in total. The lowest BCUT2D eigenvalue weighted by Crippen LogP contribution is -2.32. The van der Waals surface area contributed by atoms with E-state index in [1.807, 2.05) is 48.2 Å². The fourth-order valence-corrected chi connectivity index (χ4v) is 4.89. The molecule has 0 unspecified atom stereocenters. The van der Waals surface area contributed by atoms with Gasteiger partial charge >= 0.3 is 0 Å². The third-order valence-electron chi connectivity index (χ3n) is 5.61. The number of allylic oxidation sites excluding steroid dienone is 2. The van der Waals surface area contributed by atoms with Crippen molar-refractivity contribution in [1.29, 1.82) is 0 Å². The van der Waals surface area contributed by atoms with Crippen LogP contribution < -0.4 is 10.3 Å². The van der Waals surface area contributed by atoms with Crippen LogP contribution >= 0.6 is 11.8 Å². The van der Waals surface area contributed by atoms with Gasteiger partial charge in [-0.15, -0.1) is 0 Å². The Labute approximate surface area is 191 Å². The molecule has 0 N–H and O–H groups in total. The van der Waals surface area contributed by atoms with Gasteiger partial charge in [0.15, 0.2) is 5.16 Å². The number of para-hydroxylation sites is 1. The summed E-state index contributed by atoms with van der Waals surface area (Å²) in [6.07, 6.45) is 6.43. The van der Waals surface area contributed by atoms with E-state index in [-0.39, 0.29) is 17.2 Å². The number of carbonyl (C=O) groups is 1. The topological polar surface area (TPSA) is 64.4 Å². The summed E-state index contributed by atoms with van der Waals surface area (Å²) in [7, 11) is 1.59. The van der Waals surface area contributed by atoms with Crippen molar-refractivity contribution in [3.8, 4) is 11.4 Å². The van der Waals surface area contributed by atoms with Gasteiger partial charge in [-0.1, -0.05) is 36.0 Å². The molecule has 166 valence electrons. The third kappa shape index (κ3) is 4.58. The zero-order chi connectivity index (χ0) is 22.5. The van der Waals surface area contributed by atoms with Crippen LogP contribution in [0, 0.1) is 0 Å². The van der Waals surface area contributed by atoms with Gasteiger partial charge in [-0.25, -0.2) is 4.98 Å². The minimum absolute atomic E-state index is 0.0326. The van der Waals surface area contributed by atoms with Crippen LogP contribution in [0.25, 0.3) is 16.6 Å². The monoisotopic (exact) mass is 449 g/mol. The summed E-state index contributed by atoms with van der Waals surface area (Å²) >= 11 is 1.29. The lowest BCUT2D eigenvalue weighted by molar-refractivity contribution is -0.126. The molecule has 0 fully saturated rings. The van der Waals surface area contributed by atoms with Gasteiger partial charge in [-0.3, -0.25) is 14.2 Å². The molecule has 4 rings (SSSR count). The van der Waals surface area contributed by atoms with Gasteiger partial charge in [0.05, 0.1) is 29.5 Å². The standard InChI is InChI=1S/C25H27N3O3S/c1-3-27(18-10-5-4-6-11-18)23(29)17-32-25-26-22-15-8-7-14-21(22)24(30)28(25)19-12-9-13-20(16-19)31-2/h7-10,12-16H,3-6,11,17H2,1-2H3. The van der Waals surface area contributed by atoms with Crippen molar-refractivity contribution in [3.05, 3.63) is 70.7 Å². The maximum Gasteiger partial charge on any atom is 0.266 e. The average Bonchev–Trinajstić information content (AvgIpc) is 2.84. The molecule has 0 saturated carbocycles. The molecule has 3 aromatic rings. The van der Waals surface area contributed by atoms with E-state index >= 15 is 0 Å². The average molecular weight is 450 g/mol. The van der Waals surface area contributed by atoms with Gasteiger partial charge in [0, 0.05) is 18.3 Å². The molecule has 0 spiro atoms. The molecule has 1 heterocycles. The molecule has 0 bridgehead atoms. The summed E-state index contributed by atoms with van der Waals surface area (Å²) in [5.41, 5.74) is 2.22. The lowest BCUT2D eigenvalue weighted by atomic mass is 10.0. The Morgan fingerprint density at radius 1 is 1.19 bits per heavy atom. The number of rotatable bonds is 7. The molecule has 0 saturated heterocycles. The highest BCUT2D eigenvalue weighted by molar-refractivity contribution is 7.99. The second kappa shape index (κ2) is 10.0. The van der Waals surface area contributed by atoms with E-state index in [1.54, 1.807) is 23.8 Å². The number of nitrogens with zero attached hydrogens (tertiary/aromatic N) is 3. The van der Waals surface area contributed by atoms with Gasteiger partial charge in [-0.05, 0) is 56.9 Å². The Hall–Kier alpha value is -3.06. The quantitative estimate of drug-likeness (QED) is 0.383. The molecule has 0 atom stereocenters. The Morgan fingerprint density at radius 3 is 2.78 bits per heavy atom.